The molecule has 2 unspecified atom stereocenters. The van der Waals surface area contributed by atoms with Gasteiger partial charge in [0, 0.05) is 19.2 Å². The number of rotatable bonds is 6. The molecule has 1 aliphatic heterocycles. The third-order valence-electron chi connectivity index (χ3n) is 6.78. The Kier molecular flexibility index (Phi) is 7.09. The molecule has 0 fully saturated rings. The highest BCUT2D eigenvalue weighted by atomic mass is 32.2. The summed E-state index contributed by atoms with van der Waals surface area (Å²) in [6, 6.07) is 11.9. The predicted molar refractivity (Wildman–Crippen MR) is 132 cm³/mol. The maximum atomic E-state index is 13.3. The second-order valence-corrected chi connectivity index (χ2v) is 11.3. The van der Waals surface area contributed by atoms with Crippen LogP contribution in [0.1, 0.15) is 62.8 Å². The van der Waals surface area contributed by atoms with Crippen molar-refractivity contribution in [3.05, 3.63) is 59.2 Å². The first-order valence-electron chi connectivity index (χ1n) is 12.0. The van der Waals surface area contributed by atoms with Gasteiger partial charge in [-0.05, 0) is 72.9 Å². The molecule has 34 heavy (non-hydrogen) atoms. The molecule has 2 amide bonds. The Balaban J connectivity index is 1.54. The van der Waals surface area contributed by atoms with Gasteiger partial charge in [-0.2, -0.15) is 4.72 Å². The molecular weight excluding hydrogens is 450 g/mol. The Hall–Kier alpha value is -2.71. The lowest BCUT2D eigenvalue weighted by Crippen LogP contribution is -2.50. The molecule has 2 aromatic carbocycles. The first-order chi connectivity index (χ1) is 16.2. The number of aryl methyl sites for hydroxylation is 2. The van der Waals surface area contributed by atoms with Gasteiger partial charge < -0.3 is 10.2 Å². The van der Waals surface area contributed by atoms with Crippen LogP contribution in [-0.2, 0) is 32.5 Å². The fraction of sp³-hybridized carbons (Fsp3) is 0.462. The molecular formula is C26H33N3O4S. The molecule has 2 atom stereocenters. The summed E-state index contributed by atoms with van der Waals surface area (Å²) in [6.07, 6.45) is 4.29. The van der Waals surface area contributed by atoms with Crippen LogP contribution < -0.4 is 14.9 Å². The second-order valence-electron chi connectivity index (χ2n) is 9.56. The van der Waals surface area contributed by atoms with Crippen molar-refractivity contribution in [3.8, 4) is 0 Å². The molecule has 4 rings (SSSR count). The average Bonchev–Trinajstić information content (AvgIpc) is 2.81. The molecule has 8 heteroatoms. The Morgan fingerprint density at radius 2 is 1.76 bits per heavy atom. The monoisotopic (exact) mass is 483 g/mol. The van der Waals surface area contributed by atoms with Gasteiger partial charge in [0.2, 0.25) is 21.8 Å². The van der Waals surface area contributed by atoms with E-state index in [2.05, 4.69) is 16.1 Å². The molecule has 0 saturated heterocycles. The molecule has 2 aromatic rings. The summed E-state index contributed by atoms with van der Waals surface area (Å²) in [5.41, 5.74) is 3.92. The molecule has 0 bridgehead atoms. The smallest absolute Gasteiger partial charge is 0.241 e. The number of carbonyl (C=O) groups is 2. The normalized spacial score (nSPS) is 18.7. The van der Waals surface area contributed by atoms with Crippen molar-refractivity contribution < 1.29 is 18.0 Å². The largest absolute Gasteiger partial charge is 0.348 e. The van der Waals surface area contributed by atoms with Crippen LogP contribution in [0.25, 0.3) is 0 Å². The SMILES string of the molecule is CC(=O)N1CCCc2cc(S(=O)(=O)NC(C(=O)NC3CCCc4ccccc43)C(C)C)ccc21. The highest BCUT2D eigenvalue weighted by molar-refractivity contribution is 7.89. The topological polar surface area (TPSA) is 95.6 Å². The second kappa shape index (κ2) is 9.88. The molecule has 182 valence electrons. The lowest BCUT2D eigenvalue weighted by atomic mass is 9.87. The molecule has 2 aliphatic rings. The zero-order valence-electron chi connectivity index (χ0n) is 20.0. The summed E-state index contributed by atoms with van der Waals surface area (Å²) in [5.74, 6) is -0.615. The summed E-state index contributed by atoms with van der Waals surface area (Å²) in [4.78, 5) is 27.0. The van der Waals surface area contributed by atoms with E-state index in [9.17, 15) is 18.0 Å². The van der Waals surface area contributed by atoms with E-state index in [0.717, 1.165) is 42.5 Å². The summed E-state index contributed by atoms with van der Waals surface area (Å²) in [6.45, 7) is 5.81. The zero-order chi connectivity index (χ0) is 24.5. The standard InChI is InChI=1S/C26H33N3O4S/c1-17(2)25(26(31)27-23-12-6-9-19-8-4-5-11-22(19)23)28-34(32,33)21-13-14-24-20(16-21)10-7-15-29(24)18(3)30/h4-5,8,11,13-14,16-17,23,25,28H,6-7,9-10,12,15H2,1-3H3,(H,27,31). The van der Waals surface area contributed by atoms with Crippen LogP contribution in [0.5, 0.6) is 0 Å². The molecule has 2 N–H and O–H groups in total. The minimum absolute atomic E-state index is 0.0597. The Labute approximate surface area is 202 Å². The van der Waals surface area contributed by atoms with Gasteiger partial charge >= 0.3 is 0 Å². The Morgan fingerprint density at radius 1 is 1.03 bits per heavy atom. The van der Waals surface area contributed by atoms with E-state index < -0.39 is 16.1 Å². The number of hydrogen-bond donors (Lipinski definition) is 2. The summed E-state index contributed by atoms with van der Waals surface area (Å²) in [5, 5.41) is 3.09. The van der Waals surface area contributed by atoms with Crippen LogP contribution >= 0.6 is 0 Å². The van der Waals surface area contributed by atoms with Crippen molar-refractivity contribution in [1.29, 1.82) is 0 Å². The number of nitrogens with zero attached hydrogens (tertiary/aromatic N) is 1. The number of fused-ring (bicyclic) bond motifs is 2. The van der Waals surface area contributed by atoms with Crippen LogP contribution in [0.15, 0.2) is 47.4 Å². The lowest BCUT2D eigenvalue weighted by molar-refractivity contribution is -0.124. The first kappa shape index (κ1) is 24.4. The zero-order valence-corrected chi connectivity index (χ0v) is 20.8. The third kappa shape index (κ3) is 5.03. The van der Waals surface area contributed by atoms with E-state index in [1.165, 1.54) is 18.6 Å². The fourth-order valence-electron chi connectivity index (χ4n) is 4.96. The van der Waals surface area contributed by atoms with Gasteiger partial charge in [-0.3, -0.25) is 9.59 Å². The van der Waals surface area contributed by atoms with Crippen molar-refractivity contribution in [2.75, 3.05) is 11.4 Å². The van der Waals surface area contributed by atoms with Crippen molar-refractivity contribution in [2.45, 2.75) is 69.9 Å². The third-order valence-corrected chi connectivity index (χ3v) is 8.22. The van der Waals surface area contributed by atoms with Crippen molar-refractivity contribution in [3.63, 3.8) is 0 Å². The maximum absolute atomic E-state index is 13.3. The number of nitrogens with one attached hydrogen (secondary N) is 2. The van der Waals surface area contributed by atoms with Crippen molar-refractivity contribution >= 4 is 27.5 Å². The number of benzene rings is 2. The van der Waals surface area contributed by atoms with Gasteiger partial charge in [0.15, 0.2) is 0 Å². The van der Waals surface area contributed by atoms with Gasteiger partial charge in [-0.25, -0.2) is 8.42 Å². The van der Waals surface area contributed by atoms with E-state index in [1.807, 2.05) is 32.0 Å². The van der Waals surface area contributed by atoms with E-state index in [4.69, 9.17) is 0 Å². The molecule has 0 aromatic heterocycles. The Bertz CT molecular complexity index is 1190. The van der Waals surface area contributed by atoms with Gasteiger partial charge in [0.25, 0.3) is 0 Å². The number of sulfonamides is 1. The summed E-state index contributed by atoms with van der Waals surface area (Å²) < 4.78 is 29.2. The molecule has 0 radical (unpaired) electrons. The van der Waals surface area contributed by atoms with Gasteiger partial charge in [-0.15, -0.1) is 0 Å². The number of anilines is 1. The van der Waals surface area contributed by atoms with E-state index in [1.54, 1.807) is 17.0 Å². The van der Waals surface area contributed by atoms with Crippen LogP contribution in [0.3, 0.4) is 0 Å². The predicted octanol–water partition coefficient (Wildman–Crippen LogP) is 3.48. The van der Waals surface area contributed by atoms with E-state index in [0.29, 0.717) is 13.0 Å². The molecule has 1 aliphatic carbocycles. The lowest BCUT2D eigenvalue weighted by Gasteiger charge is -2.30. The van der Waals surface area contributed by atoms with Crippen molar-refractivity contribution in [1.82, 2.24) is 10.0 Å². The van der Waals surface area contributed by atoms with Gasteiger partial charge in [0.05, 0.1) is 10.9 Å². The molecule has 0 spiro atoms. The van der Waals surface area contributed by atoms with E-state index in [-0.39, 0.29) is 28.7 Å². The van der Waals surface area contributed by atoms with Gasteiger partial charge in [0.1, 0.15) is 6.04 Å². The van der Waals surface area contributed by atoms with Gasteiger partial charge in [-0.1, -0.05) is 38.1 Å². The average molecular weight is 484 g/mol. The van der Waals surface area contributed by atoms with E-state index >= 15 is 0 Å². The highest BCUT2D eigenvalue weighted by Gasteiger charge is 2.32. The molecule has 7 nitrogen and oxygen atoms in total. The van der Waals surface area contributed by atoms with Crippen LogP contribution in [0, 0.1) is 5.92 Å². The fourth-order valence-corrected chi connectivity index (χ4v) is 6.35. The Morgan fingerprint density at radius 3 is 2.50 bits per heavy atom. The molecule has 1 heterocycles. The van der Waals surface area contributed by atoms with Crippen LogP contribution in [0.2, 0.25) is 0 Å². The number of carbonyl (C=O) groups excluding carboxylic acids is 2. The maximum Gasteiger partial charge on any atom is 0.241 e. The highest BCUT2D eigenvalue weighted by Crippen LogP contribution is 2.31. The summed E-state index contributed by atoms with van der Waals surface area (Å²) in [7, 11) is -3.94. The van der Waals surface area contributed by atoms with Crippen LogP contribution in [0.4, 0.5) is 5.69 Å². The number of hydrogen-bond acceptors (Lipinski definition) is 4. The minimum Gasteiger partial charge on any atom is -0.348 e. The molecule has 0 saturated carbocycles. The van der Waals surface area contributed by atoms with Crippen LogP contribution in [-0.4, -0.2) is 32.8 Å². The minimum atomic E-state index is -3.94. The summed E-state index contributed by atoms with van der Waals surface area (Å²) >= 11 is 0. The van der Waals surface area contributed by atoms with Crippen molar-refractivity contribution in [2.24, 2.45) is 5.92 Å². The number of amides is 2. The quantitative estimate of drug-likeness (QED) is 0.658. The first-order valence-corrected chi connectivity index (χ1v) is 13.5.